The SMILES string of the molecule is Cc1ccc(C(=O)Nc2cc(NC(=O)c3ccccc3)cc(C(=O)N(C)C)c2O)cc1. The fourth-order valence-electron chi connectivity index (χ4n) is 2.90. The quantitative estimate of drug-likeness (QED) is 0.433. The van der Waals surface area contributed by atoms with Gasteiger partial charge in [0.05, 0.1) is 11.3 Å². The van der Waals surface area contributed by atoms with E-state index in [9.17, 15) is 19.5 Å². The lowest BCUT2D eigenvalue weighted by atomic mass is 10.1. The van der Waals surface area contributed by atoms with Crippen LogP contribution in [0.5, 0.6) is 5.75 Å². The highest BCUT2D eigenvalue weighted by Crippen LogP contribution is 2.33. The monoisotopic (exact) mass is 417 g/mol. The van der Waals surface area contributed by atoms with Crippen LogP contribution in [0, 0.1) is 6.92 Å². The van der Waals surface area contributed by atoms with Gasteiger partial charge in [0.1, 0.15) is 0 Å². The molecule has 0 aliphatic heterocycles. The van der Waals surface area contributed by atoms with E-state index >= 15 is 0 Å². The largest absolute Gasteiger partial charge is 0.505 e. The lowest BCUT2D eigenvalue weighted by molar-refractivity contribution is 0.0823. The van der Waals surface area contributed by atoms with E-state index in [1.807, 2.05) is 6.92 Å². The van der Waals surface area contributed by atoms with Crippen molar-refractivity contribution in [2.24, 2.45) is 0 Å². The van der Waals surface area contributed by atoms with Gasteiger partial charge in [0.15, 0.2) is 5.75 Å². The topological polar surface area (TPSA) is 98.7 Å². The van der Waals surface area contributed by atoms with Gasteiger partial charge < -0.3 is 20.6 Å². The summed E-state index contributed by atoms with van der Waals surface area (Å²) in [6.45, 7) is 1.91. The van der Waals surface area contributed by atoms with E-state index in [1.165, 1.54) is 17.0 Å². The Bertz CT molecular complexity index is 1120. The maximum atomic E-state index is 12.6. The van der Waals surface area contributed by atoms with Gasteiger partial charge in [-0.2, -0.15) is 0 Å². The van der Waals surface area contributed by atoms with E-state index in [-0.39, 0.29) is 28.6 Å². The van der Waals surface area contributed by atoms with Gasteiger partial charge in [-0.3, -0.25) is 14.4 Å². The number of hydrogen-bond donors (Lipinski definition) is 3. The third-order valence-corrected chi connectivity index (χ3v) is 4.60. The standard InChI is InChI=1S/C24H23N3O4/c1-15-9-11-17(12-10-15)23(30)26-20-14-18(13-19(21(20)28)24(31)27(2)3)25-22(29)16-7-5-4-6-8-16/h4-14,28H,1-3H3,(H,25,29)(H,26,30). The highest BCUT2D eigenvalue weighted by Gasteiger charge is 2.20. The van der Waals surface area contributed by atoms with Gasteiger partial charge >= 0.3 is 0 Å². The molecule has 0 unspecified atom stereocenters. The summed E-state index contributed by atoms with van der Waals surface area (Å²) in [5.74, 6) is -1.69. The molecule has 0 fully saturated rings. The number of carbonyl (C=O) groups is 3. The zero-order chi connectivity index (χ0) is 22.5. The lowest BCUT2D eigenvalue weighted by Gasteiger charge is -2.17. The molecule has 3 N–H and O–H groups in total. The summed E-state index contributed by atoms with van der Waals surface area (Å²) in [4.78, 5) is 39.0. The maximum Gasteiger partial charge on any atom is 0.257 e. The summed E-state index contributed by atoms with van der Waals surface area (Å²) in [5.41, 5.74) is 2.06. The zero-order valence-electron chi connectivity index (χ0n) is 17.5. The number of aryl methyl sites for hydroxylation is 1. The number of carbonyl (C=O) groups excluding carboxylic acids is 3. The van der Waals surface area contributed by atoms with Crippen molar-refractivity contribution in [2.75, 3.05) is 24.7 Å². The van der Waals surface area contributed by atoms with Crippen molar-refractivity contribution < 1.29 is 19.5 Å². The third kappa shape index (κ3) is 5.08. The molecule has 7 nitrogen and oxygen atoms in total. The fraction of sp³-hybridized carbons (Fsp3) is 0.125. The summed E-state index contributed by atoms with van der Waals surface area (Å²) in [5, 5.41) is 16.0. The number of nitrogens with zero attached hydrogens (tertiary/aromatic N) is 1. The Morgan fingerprint density at radius 2 is 1.39 bits per heavy atom. The molecule has 0 spiro atoms. The minimum atomic E-state index is -0.473. The molecule has 0 aromatic heterocycles. The van der Waals surface area contributed by atoms with Gasteiger partial charge in [-0.05, 0) is 43.3 Å². The molecule has 0 saturated carbocycles. The van der Waals surface area contributed by atoms with Crippen molar-refractivity contribution in [1.29, 1.82) is 0 Å². The predicted octanol–water partition coefficient (Wildman–Crippen LogP) is 3.91. The fourth-order valence-corrected chi connectivity index (χ4v) is 2.90. The number of aromatic hydroxyl groups is 1. The van der Waals surface area contributed by atoms with Crippen LogP contribution in [-0.2, 0) is 0 Å². The first kappa shape index (κ1) is 21.6. The summed E-state index contributed by atoms with van der Waals surface area (Å²) < 4.78 is 0. The Labute approximate surface area is 180 Å². The average Bonchev–Trinajstić information content (AvgIpc) is 2.76. The van der Waals surface area contributed by atoms with Crippen LogP contribution in [0.3, 0.4) is 0 Å². The number of rotatable bonds is 5. The second-order valence-corrected chi connectivity index (χ2v) is 7.26. The molecule has 0 aliphatic rings. The van der Waals surface area contributed by atoms with Crippen LogP contribution < -0.4 is 10.6 Å². The smallest absolute Gasteiger partial charge is 0.257 e. The van der Waals surface area contributed by atoms with E-state index in [2.05, 4.69) is 10.6 Å². The highest BCUT2D eigenvalue weighted by atomic mass is 16.3. The predicted molar refractivity (Wildman–Crippen MR) is 120 cm³/mol. The number of benzene rings is 3. The first-order chi connectivity index (χ1) is 14.8. The van der Waals surface area contributed by atoms with Gasteiger partial charge in [-0.15, -0.1) is 0 Å². The molecule has 3 amide bonds. The van der Waals surface area contributed by atoms with E-state index in [1.54, 1.807) is 68.7 Å². The second kappa shape index (κ2) is 9.13. The van der Waals surface area contributed by atoms with Crippen LogP contribution in [0.15, 0.2) is 66.7 Å². The van der Waals surface area contributed by atoms with Gasteiger partial charge in [0.2, 0.25) is 0 Å². The van der Waals surface area contributed by atoms with Crippen LogP contribution in [-0.4, -0.2) is 41.8 Å². The minimum Gasteiger partial charge on any atom is -0.505 e. The van der Waals surface area contributed by atoms with E-state index in [0.717, 1.165) is 5.56 Å². The molecular formula is C24H23N3O4. The van der Waals surface area contributed by atoms with Gasteiger partial charge in [-0.1, -0.05) is 35.9 Å². The zero-order valence-corrected chi connectivity index (χ0v) is 17.5. The molecule has 0 radical (unpaired) electrons. The number of nitrogens with one attached hydrogen (secondary N) is 2. The molecule has 3 aromatic carbocycles. The van der Waals surface area contributed by atoms with Crippen molar-refractivity contribution in [2.45, 2.75) is 6.92 Å². The number of phenols is 1. The van der Waals surface area contributed by atoms with Crippen molar-refractivity contribution in [1.82, 2.24) is 4.90 Å². The average molecular weight is 417 g/mol. The van der Waals surface area contributed by atoms with Crippen LogP contribution >= 0.6 is 0 Å². The maximum absolute atomic E-state index is 12.6. The molecule has 0 bridgehead atoms. The summed E-state index contributed by atoms with van der Waals surface area (Å²) >= 11 is 0. The molecule has 31 heavy (non-hydrogen) atoms. The number of hydrogen-bond acceptors (Lipinski definition) is 4. The van der Waals surface area contributed by atoms with Gasteiger partial charge in [0, 0.05) is 30.9 Å². The van der Waals surface area contributed by atoms with Gasteiger partial charge in [0.25, 0.3) is 17.7 Å². The summed E-state index contributed by atoms with van der Waals surface area (Å²) in [6, 6.07) is 18.3. The van der Waals surface area contributed by atoms with Gasteiger partial charge in [-0.25, -0.2) is 0 Å². The summed E-state index contributed by atoms with van der Waals surface area (Å²) in [7, 11) is 3.09. The molecule has 0 aliphatic carbocycles. The number of anilines is 2. The highest BCUT2D eigenvalue weighted by molar-refractivity contribution is 6.09. The third-order valence-electron chi connectivity index (χ3n) is 4.60. The Morgan fingerprint density at radius 1 is 0.806 bits per heavy atom. The van der Waals surface area contributed by atoms with Crippen LogP contribution in [0.4, 0.5) is 11.4 Å². The molecule has 3 rings (SSSR count). The second-order valence-electron chi connectivity index (χ2n) is 7.26. The van der Waals surface area contributed by atoms with Crippen molar-refractivity contribution in [3.05, 3.63) is 89.0 Å². The first-order valence-electron chi connectivity index (χ1n) is 9.59. The molecule has 0 heterocycles. The van der Waals surface area contributed by atoms with Crippen LogP contribution in [0.1, 0.15) is 36.6 Å². The summed E-state index contributed by atoms with van der Waals surface area (Å²) in [6.07, 6.45) is 0. The van der Waals surface area contributed by atoms with Crippen LogP contribution in [0.25, 0.3) is 0 Å². The molecule has 3 aromatic rings. The lowest BCUT2D eigenvalue weighted by Crippen LogP contribution is -2.23. The Kier molecular flexibility index (Phi) is 6.35. The first-order valence-corrected chi connectivity index (χ1v) is 9.59. The van der Waals surface area contributed by atoms with Crippen LogP contribution in [0.2, 0.25) is 0 Å². The van der Waals surface area contributed by atoms with Crippen molar-refractivity contribution in [3.63, 3.8) is 0 Å². The number of phenolic OH excluding ortho intramolecular Hbond substituents is 1. The van der Waals surface area contributed by atoms with Crippen molar-refractivity contribution >= 4 is 29.1 Å². The number of amides is 3. The molecule has 0 saturated heterocycles. The van der Waals surface area contributed by atoms with E-state index in [0.29, 0.717) is 11.1 Å². The molecule has 7 heteroatoms. The van der Waals surface area contributed by atoms with E-state index < -0.39 is 11.8 Å². The minimum absolute atomic E-state index is 0.0154. The Balaban J connectivity index is 1.97. The Morgan fingerprint density at radius 3 is 2.00 bits per heavy atom. The normalized spacial score (nSPS) is 10.3. The van der Waals surface area contributed by atoms with Crippen molar-refractivity contribution in [3.8, 4) is 5.75 Å². The molecule has 0 atom stereocenters. The van der Waals surface area contributed by atoms with E-state index in [4.69, 9.17) is 0 Å². The molecular weight excluding hydrogens is 394 g/mol. The molecule has 158 valence electrons. The Hall–Kier alpha value is -4.13.